The van der Waals surface area contributed by atoms with Gasteiger partial charge in [-0.25, -0.2) is 0 Å². The van der Waals surface area contributed by atoms with Crippen molar-refractivity contribution >= 4 is 74.8 Å². The van der Waals surface area contributed by atoms with E-state index in [0.717, 1.165) is 0 Å². The molecule has 0 saturated carbocycles. The Kier molecular flexibility index (Phi) is 205. The fourth-order valence-electron chi connectivity index (χ4n) is 0. The van der Waals surface area contributed by atoms with Crippen LogP contribution in [-0.4, -0.2) is 51.4 Å². The van der Waals surface area contributed by atoms with Crippen LogP contribution in [0.1, 0.15) is 0 Å². The average molecular weight is 227 g/mol. The summed E-state index contributed by atoms with van der Waals surface area (Å²) >= 11 is 0. The third kappa shape index (κ3) is 18.6. The summed E-state index contributed by atoms with van der Waals surface area (Å²) in [6.45, 7) is 0. The molecule has 0 heterocycles. The normalized spacial score (nSPS) is 0. The molecule has 0 aliphatic heterocycles. The Balaban J connectivity index is 0. The Labute approximate surface area is 106 Å². The van der Waals surface area contributed by atoms with Crippen molar-refractivity contribution in [3.63, 3.8) is 0 Å². The van der Waals surface area contributed by atoms with E-state index < -0.39 is 0 Å². The van der Waals surface area contributed by atoms with Gasteiger partial charge in [0.1, 0.15) is 0 Å². The quantitative estimate of drug-likeness (QED) is 0.396. The molecule has 0 aromatic rings. The van der Waals surface area contributed by atoms with E-state index in [-0.39, 0.29) is 109 Å². The molecule has 36 valence electrons. The van der Waals surface area contributed by atoms with Gasteiger partial charge in [-0.05, 0) is 0 Å². The van der Waals surface area contributed by atoms with Crippen LogP contribution in [0.4, 0.5) is 0 Å². The second-order valence-corrected chi connectivity index (χ2v) is 0. The first kappa shape index (κ1) is 39.4. The third-order valence-electron chi connectivity index (χ3n) is 0. The van der Waals surface area contributed by atoms with Crippen LogP contribution in [0.5, 0.6) is 0 Å². The first-order valence-corrected chi connectivity index (χ1v) is 0. The van der Waals surface area contributed by atoms with Crippen LogP contribution in [0.15, 0.2) is 0 Å². The van der Waals surface area contributed by atoms with Crippen LogP contribution in [-0.2, 0) is 34.1 Å². The molecule has 0 aliphatic carbocycles. The molecule has 0 fully saturated rings. The van der Waals surface area contributed by atoms with Crippen LogP contribution >= 0.6 is 23.4 Å². The minimum Gasteiger partial charge on any atom is -0.197 e. The van der Waals surface area contributed by atoms with Crippen molar-refractivity contribution < 1.29 is 34.1 Å². The molecule has 0 nitrogen and oxygen atoms in total. The zero-order chi connectivity index (χ0) is 0. The van der Waals surface area contributed by atoms with Gasteiger partial charge < -0.3 is 0 Å². The van der Waals surface area contributed by atoms with Crippen LogP contribution in [0.25, 0.3) is 0 Å². The van der Waals surface area contributed by atoms with Gasteiger partial charge in [-0.2, -0.15) is 23.4 Å². The second-order valence-electron chi connectivity index (χ2n) is 0. The number of rotatable bonds is 0. The van der Waals surface area contributed by atoms with Crippen molar-refractivity contribution in [2.24, 2.45) is 0 Å². The van der Waals surface area contributed by atoms with Gasteiger partial charge >= 0.3 is 0 Å². The van der Waals surface area contributed by atoms with Crippen LogP contribution in [0.2, 0.25) is 0 Å². The molecule has 0 bridgehead atoms. The molecule has 5 heteroatoms. The maximum atomic E-state index is 0. The topological polar surface area (TPSA) is 0 Å². The van der Waals surface area contributed by atoms with Gasteiger partial charge in [0.15, 0.2) is 0 Å². The second kappa shape index (κ2) is 26.0. The molecule has 1 atom stereocenters. The van der Waals surface area contributed by atoms with E-state index in [2.05, 4.69) is 0 Å². The van der Waals surface area contributed by atoms with E-state index in [1.165, 1.54) is 0 Å². The van der Waals surface area contributed by atoms with E-state index >= 15 is 0 Å². The van der Waals surface area contributed by atoms with E-state index in [1.54, 1.807) is 0 Å². The predicted molar refractivity (Wildman–Crippen MR) is 27.2 cm³/mol. The van der Waals surface area contributed by atoms with E-state index in [4.69, 9.17) is 0 Å². The molecular weight excluding hydrogens is 222 g/mol. The molecule has 2 radical (unpaired) electrons. The molecule has 1 unspecified atom stereocenters. The molecule has 0 spiro atoms. The van der Waals surface area contributed by atoms with Gasteiger partial charge in [0.25, 0.3) is 0 Å². The summed E-state index contributed by atoms with van der Waals surface area (Å²) in [5, 5.41) is 0. The number of hydrogen-bond donors (Lipinski definition) is 0. The fourth-order valence-corrected chi connectivity index (χ4v) is 0. The molecule has 0 N–H and O–H groups in total. The number of hydrogen-bond acceptors (Lipinski definition) is 0. The minimum absolute atomic E-state index is 0. The van der Waals surface area contributed by atoms with Gasteiger partial charge in [0.05, 0.1) is 0 Å². The molecule has 0 aromatic heterocycles. The minimum atomic E-state index is 0. The Morgan fingerprint density at radius 1 is 1.00 bits per heavy atom. The van der Waals surface area contributed by atoms with Crippen molar-refractivity contribution in [3.05, 3.63) is 0 Å². The van der Waals surface area contributed by atoms with E-state index in [1.807, 2.05) is 0 Å². The Hall–Kier alpha value is 3.46. The largest absolute Gasteiger partial charge is 0.197 e. The van der Waals surface area contributed by atoms with Gasteiger partial charge in [0, 0.05) is 85.5 Å². The summed E-state index contributed by atoms with van der Waals surface area (Å²) in [5.74, 6) is 0. The third-order valence-corrected chi connectivity index (χ3v) is 0. The molecule has 0 aliphatic rings. The predicted octanol–water partition coefficient (Wildman–Crippen LogP) is -0.215. The molecular formula is H5CuFeKPS. The maximum Gasteiger partial charge on any atom is 0 e. The Morgan fingerprint density at radius 3 is 1.00 bits per heavy atom. The van der Waals surface area contributed by atoms with E-state index in [9.17, 15) is 0 Å². The van der Waals surface area contributed by atoms with Crippen molar-refractivity contribution in [1.82, 2.24) is 0 Å². The summed E-state index contributed by atoms with van der Waals surface area (Å²) in [5.41, 5.74) is 0. The fraction of sp³-hybridized carbons (Fsp3) is 0. The van der Waals surface area contributed by atoms with Crippen LogP contribution < -0.4 is 0 Å². The zero-order valence-electron chi connectivity index (χ0n) is 2.86. The Bertz CT molecular complexity index is 11.6. The summed E-state index contributed by atoms with van der Waals surface area (Å²) in [6.07, 6.45) is 0. The molecule has 0 aromatic carbocycles. The average Bonchev–Trinajstić information content (AvgIpc) is 0. The van der Waals surface area contributed by atoms with Gasteiger partial charge in [-0.3, -0.25) is 0 Å². The van der Waals surface area contributed by atoms with Crippen molar-refractivity contribution in [2.75, 3.05) is 0 Å². The summed E-state index contributed by atoms with van der Waals surface area (Å²) in [4.78, 5) is 0. The monoisotopic (exact) mass is 226 g/mol. The van der Waals surface area contributed by atoms with Crippen LogP contribution in [0.3, 0.4) is 0 Å². The van der Waals surface area contributed by atoms with Crippen molar-refractivity contribution in [3.8, 4) is 0 Å². The first-order chi connectivity index (χ1) is 0. The van der Waals surface area contributed by atoms with Crippen molar-refractivity contribution in [2.45, 2.75) is 0 Å². The van der Waals surface area contributed by atoms with Gasteiger partial charge in [-0.1, -0.05) is 0 Å². The summed E-state index contributed by atoms with van der Waals surface area (Å²) in [7, 11) is 0. The van der Waals surface area contributed by atoms with Gasteiger partial charge in [0.2, 0.25) is 0 Å². The van der Waals surface area contributed by atoms with Crippen molar-refractivity contribution in [1.29, 1.82) is 0 Å². The Morgan fingerprint density at radius 2 is 1.00 bits per heavy atom. The molecule has 0 amide bonds. The smallest absolute Gasteiger partial charge is 0 e. The molecule has 5 heavy (non-hydrogen) atoms. The summed E-state index contributed by atoms with van der Waals surface area (Å²) in [6, 6.07) is 0. The standard InChI is InChI=1S/Cu.Fe.K.H3P.H2S/h;;;1H3;1H2. The molecule has 0 saturated heterocycles. The zero-order valence-corrected chi connectivity index (χ0v) is 10.4. The maximum absolute atomic E-state index is 0. The SMILES string of the molecule is P.S.[Cu].[Fe].[K]. The van der Waals surface area contributed by atoms with Crippen LogP contribution in [0, 0.1) is 0 Å². The first-order valence-electron chi connectivity index (χ1n) is 0. The van der Waals surface area contributed by atoms with E-state index in [0.29, 0.717) is 0 Å². The summed E-state index contributed by atoms with van der Waals surface area (Å²) < 4.78 is 0. The van der Waals surface area contributed by atoms with Gasteiger partial charge in [-0.15, -0.1) is 0 Å². The molecule has 0 rings (SSSR count).